The molecule has 0 radical (unpaired) electrons. The Morgan fingerprint density at radius 1 is 0.860 bits per heavy atom. The zero-order valence-electron chi connectivity index (χ0n) is 25.2. The van der Waals surface area contributed by atoms with Gasteiger partial charge in [0.25, 0.3) is 6.47 Å². The molecule has 6 heteroatoms. The van der Waals surface area contributed by atoms with Crippen molar-refractivity contribution < 1.29 is 19.4 Å². The Morgan fingerprint density at radius 2 is 1.49 bits per heavy atom. The van der Waals surface area contributed by atoms with E-state index in [1.54, 1.807) is 0 Å². The summed E-state index contributed by atoms with van der Waals surface area (Å²) in [5.41, 5.74) is 5.31. The lowest BCUT2D eigenvalue weighted by Crippen LogP contribution is -2.41. The lowest BCUT2D eigenvalue weighted by molar-refractivity contribution is -0.136. The number of rotatable bonds is 9. The number of allylic oxidation sites excluding steroid dienone is 3. The Bertz CT molecular complexity index is 1780. The van der Waals surface area contributed by atoms with Gasteiger partial charge in [-0.15, -0.1) is 0 Å². The van der Waals surface area contributed by atoms with Crippen LogP contribution in [0, 0.1) is 0 Å². The molecule has 1 atom stereocenters. The molecular formula is C37H38N2O4. The zero-order chi connectivity index (χ0) is 30.4. The summed E-state index contributed by atoms with van der Waals surface area (Å²) < 4.78 is 5.14. The second-order valence-corrected chi connectivity index (χ2v) is 12.5. The fraction of sp³-hybridized carbons (Fsp3) is 0.297. The topological polar surface area (TPSA) is 70.1 Å². The van der Waals surface area contributed by atoms with E-state index in [0.717, 1.165) is 17.1 Å². The lowest BCUT2D eigenvalue weighted by Gasteiger charge is -2.32. The Labute approximate surface area is 252 Å². The normalized spacial score (nSPS) is 19.3. The van der Waals surface area contributed by atoms with Gasteiger partial charge in [0.1, 0.15) is 6.61 Å². The van der Waals surface area contributed by atoms with Crippen LogP contribution < -0.4 is 9.80 Å². The van der Waals surface area contributed by atoms with E-state index in [-0.39, 0.29) is 29.9 Å². The van der Waals surface area contributed by atoms with Gasteiger partial charge in [-0.1, -0.05) is 101 Å². The molecule has 1 N–H and O–H groups in total. The fourth-order valence-electron chi connectivity index (χ4n) is 7.40. The number of ether oxygens (including phenoxy) is 1. The van der Waals surface area contributed by atoms with Gasteiger partial charge < -0.3 is 19.6 Å². The van der Waals surface area contributed by atoms with E-state index in [9.17, 15) is 14.7 Å². The number of benzene rings is 4. The van der Waals surface area contributed by atoms with Crippen LogP contribution in [0.5, 0.6) is 0 Å². The average molecular weight is 575 g/mol. The van der Waals surface area contributed by atoms with E-state index in [1.165, 1.54) is 32.7 Å². The molecule has 2 aliphatic heterocycles. The summed E-state index contributed by atoms with van der Waals surface area (Å²) in [6.07, 6.45) is 6.60. The van der Waals surface area contributed by atoms with Gasteiger partial charge in [-0.05, 0) is 50.9 Å². The van der Waals surface area contributed by atoms with Gasteiger partial charge in [-0.25, -0.2) is 0 Å². The Morgan fingerprint density at radius 3 is 2.14 bits per heavy atom. The number of anilines is 2. The molecule has 0 aliphatic carbocycles. The highest BCUT2D eigenvalue weighted by Gasteiger charge is 2.45. The van der Waals surface area contributed by atoms with Crippen molar-refractivity contribution in [1.29, 1.82) is 0 Å². The monoisotopic (exact) mass is 574 g/mol. The molecule has 0 spiro atoms. The molecule has 6 nitrogen and oxygen atoms in total. The predicted octanol–water partition coefficient (Wildman–Crippen LogP) is 7.34. The minimum absolute atomic E-state index is 0.0379. The number of hydrogen-bond acceptors (Lipinski definition) is 5. The molecular weight excluding hydrogens is 536 g/mol. The van der Waals surface area contributed by atoms with Crippen LogP contribution in [0.15, 0.2) is 96.7 Å². The molecule has 0 saturated carbocycles. The van der Waals surface area contributed by atoms with Gasteiger partial charge in [0.05, 0.1) is 19.0 Å². The summed E-state index contributed by atoms with van der Waals surface area (Å²) in [7, 11) is 0. The molecule has 2 aliphatic rings. The van der Waals surface area contributed by atoms with Crippen LogP contribution in [0.2, 0.25) is 0 Å². The quantitative estimate of drug-likeness (QED) is 0.167. The number of aliphatic carboxylic acids is 1. The zero-order valence-corrected chi connectivity index (χ0v) is 25.2. The maximum atomic E-state index is 11.7. The van der Waals surface area contributed by atoms with Crippen molar-refractivity contribution in [3.63, 3.8) is 0 Å². The number of carboxylic acids is 1. The largest absolute Gasteiger partial charge is 0.481 e. The van der Waals surface area contributed by atoms with E-state index >= 15 is 0 Å². The number of carboxylic acid groups (broad SMARTS) is 1. The number of carbonyl (C=O) groups excluding carboxylic acids is 1. The van der Waals surface area contributed by atoms with Crippen LogP contribution in [0.1, 0.15) is 45.2 Å². The van der Waals surface area contributed by atoms with E-state index in [1.807, 2.05) is 0 Å². The van der Waals surface area contributed by atoms with Gasteiger partial charge in [0.2, 0.25) is 0 Å². The highest BCUT2D eigenvalue weighted by molar-refractivity contribution is 5.95. The number of hydrogen-bond donors (Lipinski definition) is 1. The van der Waals surface area contributed by atoms with Crippen LogP contribution in [-0.4, -0.2) is 43.3 Å². The van der Waals surface area contributed by atoms with Crippen molar-refractivity contribution in [3.8, 4) is 0 Å². The summed E-state index contributed by atoms with van der Waals surface area (Å²) in [6, 6.07) is 25.4. The molecule has 43 heavy (non-hydrogen) atoms. The molecule has 0 saturated heterocycles. The summed E-state index contributed by atoms with van der Waals surface area (Å²) in [6.45, 7) is 10.8. The number of fused-ring (bicyclic) bond motifs is 6. The minimum Gasteiger partial charge on any atom is -0.481 e. The van der Waals surface area contributed by atoms with E-state index < -0.39 is 5.97 Å². The first kappa shape index (κ1) is 28.5. The first-order valence-electron chi connectivity index (χ1n) is 14.9. The van der Waals surface area contributed by atoms with Crippen molar-refractivity contribution in [3.05, 3.63) is 108 Å². The summed E-state index contributed by atoms with van der Waals surface area (Å²) in [4.78, 5) is 27.2. The highest BCUT2D eigenvalue weighted by atomic mass is 16.5. The van der Waals surface area contributed by atoms with E-state index in [0.29, 0.717) is 19.6 Å². The minimum atomic E-state index is -0.803. The van der Waals surface area contributed by atoms with Crippen LogP contribution in [-0.2, 0) is 25.2 Å². The summed E-state index contributed by atoms with van der Waals surface area (Å²) >= 11 is 0. The number of carbonyl (C=O) groups is 2. The molecule has 4 aromatic carbocycles. The average Bonchev–Trinajstić information content (AvgIpc) is 3.35. The molecule has 0 amide bonds. The van der Waals surface area contributed by atoms with Crippen molar-refractivity contribution in [1.82, 2.24) is 0 Å². The first-order valence-corrected chi connectivity index (χ1v) is 14.9. The molecule has 1 unspecified atom stereocenters. The van der Waals surface area contributed by atoms with E-state index in [2.05, 4.69) is 129 Å². The van der Waals surface area contributed by atoms with Crippen molar-refractivity contribution in [2.75, 3.05) is 29.5 Å². The van der Waals surface area contributed by atoms with Gasteiger partial charge in [0, 0.05) is 34.4 Å². The van der Waals surface area contributed by atoms with Gasteiger partial charge in [-0.3, -0.25) is 9.59 Å². The Balaban J connectivity index is 1.43. The highest BCUT2D eigenvalue weighted by Crippen LogP contribution is 2.51. The molecule has 0 bridgehead atoms. The number of nitrogens with zero attached hydrogens (tertiary/aromatic N) is 2. The standard InChI is InChI=1S/C37H38N2O4/c1-36(2)31(38(21-20-33(41)42)29-18-16-25-10-5-7-12-27(25)34(29)36)14-9-15-32-37(3,4)35-28-13-8-6-11-26(28)17-19-30(35)39(32)22-23-43-24-40/h5-19,24,31H,20-23H2,1-4H3,(H,41,42). The fourth-order valence-corrected chi connectivity index (χ4v) is 7.40. The van der Waals surface area contributed by atoms with E-state index in [4.69, 9.17) is 4.74 Å². The second kappa shape index (κ2) is 10.9. The Kier molecular flexibility index (Phi) is 7.25. The third-order valence-corrected chi connectivity index (χ3v) is 9.30. The van der Waals surface area contributed by atoms with Crippen molar-refractivity contribution in [2.45, 2.75) is 51.0 Å². The van der Waals surface area contributed by atoms with Crippen LogP contribution in [0.4, 0.5) is 11.4 Å². The second-order valence-electron chi connectivity index (χ2n) is 12.5. The van der Waals surface area contributed by atoms with Crippen LogP contribution in [0.3, 0.4) is 0 Å². The van der Waals surface area contributed by atoms with Crippen molar-refractivity contribution in [2.24, 2.45) is 0 Å². The molecule has 6 rings (SSSR count). The molecule has 0 fully saturated rings. The smallest absolute Gasteiger partial charge is 0.305 e. The molecule has 220 valence electrons. The maximum Gasteiger partial charge on any atom is 0.305 e. The van der Waals surface area contributed by atoms with Gasteiger partial charge in [-0.2, -0.15) is 0 Å². The molecule has 0 aromatic heterocycles. The Hall–Kier alpha value is -4.58. The SMILES string of the molecule is CC1(C)C(=CC=CC2N(CCC(=O)O)c3ccc4ccccc4c3C2(C)C)N(CCOC=O)c2ccc3ccccc3c21. The lowest BCUT2D eigenvalue weighted by atomic mass is 9.78. The summed E-state index contributed by atoms with van der Waals surface area (Å²) in [5, 5.41) is 14.4. The van der Waals surface area contributed by atoms with Crippen LogP contribution in [0.25, 0.3) is 21.5 Å². The first-order chi connectivity index (χ1) is 20.7. The third kappa shape index (κ3) is 4.75. The van der Waals surface area contributed by atoms with Gasteiger partial charge in [0.15, 0.2) is 0 Å². The maximum absolute atomic E-state index is 11.7. The molecule has 2 heterocycles. The summed E-state index contributed by atoms with van der Waals surface area (Å²) in [5.74, 6) is -0.803. The predicted molar refractivity (Wildman–Crippen MR) is 174 cm³/mol. The third-order valence-electron chi connectivity index (χ3n) is 9.30. The molecule has 4 aromatic rings. The van der Waals surface area contributed by atoms with Gasteiger partial charge >= 0.3 is 5.97 Å². The van der Waals surface area contributed by atoms with Crippen molar-refractivity contribution >= 4 is 45.4 Å². The van der Waals surface area contributed by atoms with Crippen LogP contribution >= 0.6 is 0 Å².